The Bertz CT molecular complexity index is 342. The predicted molar refractivity (Wildman–Crippen MR) is 60.6 cm³/mol. The van der Waals surface area contributed by atoms with Crippen LogP contribution in [-0.2, 0) is 6.42 Å². The maximum atomic E-state index is 13.5. The fourth-order valence-electron chi connectivity index (χ4n) is 1.49. The molecule has 2 N–H and O–H groups in total. The highest BCUT2D eigenvalue weighted by Crippen LogP contribution is 2.24. The minimum absolute atomic E-state index is 0.144. The summed E-state index contributed by atoms with van der Waals surface area (Å²) < 4.78 is 27.2. The van der Waals surface area contributed by atoms with Gasteiger partial charge in [-0.2, -0.15) is 0 Å². The van der Waals surface area contributed by atoms with Crippen molar-refractivity contribution in [2.45, 2.75) is 19.8 Å². The van der Waals surface area contributed by atoms with Crippen LogP contribution >= 0.6 is 15.9 Å². The summed E-state index contributed by atoms with van der Waals surface area (Å²) in [6.45, 7) is 2.48. The van der Waals surface area contributed by atoms with Crippen molar-refractivity contribution < 1.29 is 8.78 Å². The molecule has 0 aliphatic heterocycles. The number of nitrogens with two attached hydrogens (primary N) is 1. The number of hydrogen-bond acceptors (Lipinski definition) is 1. The van der Waals surface area contributed by atoms with E-state index >= 15 is 0 Å². The number of hydrogen-bond donors (Lipinski definition) is 1. The molecule has 1 aromatic carbocycles. The van der Waals surface area contributed by atoms with Crippen molar-refractivity contribution in [1.29, 1.82) is 0 Å². The molecule has 0 aliphatic rings. The van der Waals surface area contributed by atoms with Gasteiger partial charge in [-0.1, -0.05) is 6.92 Å². The van der Waals surface area contributed by atoms with Crippen molar-refractivity contribution in [3.05, 3.63) is 33.8 Å². The molecule has 0 amide bonds. The summed E-state index contributed by atoms with van der Waals surface area (Å²) >= 11 is 3.04. The Balaban J connectivity index is 2.88. The van der Waals surface area contributed by atoms with E-state index in [4.69, 9.17) is 5.73 Å². The van der Waals surface area contributed by atoms with E-state index in [1.807, 2.05) is 6.92 Å². The van der Waals surface area contributed by atoms with Crippen molar-refractivity contribution in [3.63, 3.8) is 0 Å². The summed E-state index contributed by atoms with van der Waals surface area (Å²) in [5, 5.41) is 0. The molecule has 1 nitrogen and oxygen atoms in total. The smallest absolute Gasteiger partial charge is 0.143 e. The van der Waals surface area contributed by atoms with E-state index < -0.39 is 11.6 Å². The quantitative estimate of drug-likeness (QED) is 0.840. The molecule has 0 saturated heterocycles. The number of halogens is 3. The molecule has 0 bridgehead atoms. The fourth-order valence-corrected chi connectivity index (χ4v) is 1.86. The molecule has 1 aromatic rings. The van der Waals surface area contributed by atoms with Crippen molar-refractivity contribution in [2.24, 2.45) is 11.7 Å². The highest BCUT2D eigenvalue weighted by molar-refractivity contribution is 9.10. The van der Waals surface area contributed by atoms with E-state index in [0.717, 1.165) is 6.42 Å². The molecule has 0 aromatic heterocycles. The van der Waals surface area contributed by atoms with Crippen molar-refractivity contribution in [3.8, 4) is 0 Å². The lowest BCUT2D eigenvalue weighted by molar-refractivity contribution is 0.487. The van der Waals surface area contributed by atoms with Crippen LogP contribution in [0.15, 0.2) is 16.6 Å². The third-order valence-electron chi connectivity index (χ3n) is 2.35. The standard InChI is InChI=1S/C11H14BrF2N/c1-7(4-5-15)6-8-10(13)3-2-9(12)11(8)14/h2-3,7H,4-6,15H2,1H3. The molecule has 15 heavy (non-hydrogen) atoms. The first-order valence-corrected chi connectivity index (χ1v) is 5.68. The van der Waals surface area contributed by atoms with Crippen LogP contribution in [0.25, 0.3) is 0 Å². The van der Waals surface area contributed by atoms with Gasteiger partial charge in [-0.25, -0.2) is 8.78 Å². The molecule has 0 heterocycles. The first-order valence-electron chi connectivity index (χ1n) is 4.88. The molecule has 0 fully saturated rings. The lowest BCUT2D eigenvalue weighted by atomic mass is 9.97. The van der Waals surface area contributed by atoms with Gasteiger partial charge < -0.3 is 5.73 Å². The Hall–Kier alpha value is -0.480. The zero-order valence-electron chi connectivity index (χ0n) is 8.56. The van der Waals surface area contributed by atoms with Gasteiger partial charge in [-0.3, -0.25) is 0 Å². The van der Waals surface area contributed by atoms with Crippen molar-refractivity contribution in [1.82, 2.24) is 0 Å². The minimum atomic E-state index is -0.501. The molecule has 1 unspecified atom stereocenters. The SMILES string of the molecule is CC(CCN)Cc1c(F)ccc(Br)c1F. The maximum absolute atomic E-state index is 13.5. The summed E-state index contributed by atoms with van der Waals surface area (Å²) in [7, 11) is 0. The van der Waals surface area contributed by atoms with Crippen LogP contribution in [-0.4, -0.2) is 6.54 Å². The van der Waals surface area contributed by atoms with Crippen molar-refractivity contribution in [2.75, 3.05) is 6.54 Å². The van der Waals surface area contributed by atoms with Gasteiger partial charge in [0.1, 0.15) is 11.6 Å². The Morgan fingerprint density at radius 2 is 2.07 bits per heavy atom. The van der Waals surface area contributed by atoms with Gasteiger partial charge in [0.15, 0.2) is 0 Å². The molecule has 0 spiro atoms. The summed E-state index contributed by atoms with van der Waals surface area (Å²) in [5.41, 5.74) is 5.54. The second-order valence-electron chi connectivity index (χ2n) is 3.71. The Labute approximate surface area is 96.8 Å². The molecular formula is C11H14BrF2N. The summed E-state index contributed by atoms with van der Waals surface area (Å²) in [4.78, 5) is 0. The van der Waals surface area contributed by atoms with Gasteiger partial charge in [0.05, 0.1) is 4.47 Å². The zero-order chi connectivity index (χ0) is 11.4. The topological polar surface area (TPSA) is 26.0 Å². The second kappa shape index (κ2) is 5.56. The monoisotopic (exact) mass is 277 g/mol. The van der Waals surface area contributed by atoms with Gasteiger partial charge in [-0.05, 0) is 53.4 Å². The van der Waals surface area contributed by atoms with E-state index in [2.05, 4.69) is 15.9 Å². The Morgan fingerprint density at radius 3 is 2.67 bits per heavy atom. The maximum Gasteiger partial charge on any atom is 0.143 e. The van der Waals surface area contributed by atoms with Crippen molar-refractivity contribution >= 4 is 15.9 Å². The fraction of sp³-hybridized carbons (Fsp3) is 0.455. The van der Waals surface area contributed by atoms with Gasteiger partial charge in [0.25, 0.3) is 0 Å². The highest BCUT2D eigenvalue weighted by Gasteiger charge is 2.14. The summed E-state index contributed by atoms with van der Waals surface area (Å²) in [5.74, 6) is -0.799. The molecular weight excluding hydrogens is 264 g/mol. The number of benzene rings is 1. The average Bonchev–Trinajstić information content (AvgIpc) is 2.19. The molecule has 1 rings (SSSR count). The second-order valence-corrected chi connectivity index (χ2v) is 4.56. The van der Waals surface area contributed by atoms with Gasteiger partial charge in [-0.15, -0.1) is 0 Å². The zero-order valence-corrected chi connectivity index (χ0v) is 10.2. The van der Waals surface area contributed by atoms with E-state index in [1.165, 1.54) is 12.1 Å². The highest BCUT2D eigenvalue weighted by atomic mass is 79.9. The lowest BCUT2D eigenvalue weighted by Crippen LogP contribution is -2.10. The molecule has 0 saturated carbocycles. The molecule has 84 valence electrons. The van der Waals surface area contributed by atoms with E-state index in [0.29, 0.717) is 17.4 Å². The first kappa shape index (κ1) is 12.6. The predicted octanol–water partition coefficient (Wildman–Crippen LogP) is 3.25. The van der Waals surface area contributed by atoms with Gasteiger partial charge >= 0.3 is 0 Å². The van der Waals surface area contributed by atoms with Crippen LogP contribution in [0, 0.1) is 17.6 Å². The normalized spacial score (nSPS) is 12.9. The lowest BCUT2D eigenvalue weighted by Gasteiger charge is -2.12. The summed E-state index contributed by atoms with van der Waals surface area (Å²) in [6.07, 6.45) is 1.15. The minimum Gasteiger partial charge on any atom is -0.330 e. The van der Waals surface area contributed by atoms with Crippen LogP contribution in [0.5, 0.6) is 0 Å². The van der Waals surface area contributed by atoms with Gasteiger partial charge in [0, 0.05) is 5.56 Å². The van der Waals surface area contributed by atoms with Gasteiger partial charge in [0.2, 0.25) is 0 Å². The van der Waals surface area contributed by atoms with E-state index in [9.17, 15) is 8.78 Å². The van der Waals surface area contributed by atoms with Crippen LogP contribution in [0.4, 0.5) is 8.78 Å². The number of rotatable bonds is 4. The van der Waals surface area contributed by atoms with Crippen LogP contribution in [0.3, 0.4) is 0 Å². The van der Waals surface area contributed by atoms with E-state index in [-0.39, 0.29) is 11.5 Å². The molecule has 0 aliphatic carbocycles. The first-order chi connectivity index (χ1) is 7.06. The Morgan fingerprint density at radius 1 is 1.40 bits per heavy atom. The van der Waals surface area contributed by atoms with Crippen LogP contribution < -0.4 is 5.73 Å². The molecule has 0 radical (unpaired) electrons. The van der Waals surface area contributed by atoms with Crippen LogP contribution in [0.2, 0.25) is 0 Å². The van der Waals surface area contributed by atoms with E-state index in [1.54, 1.807) is 0 Å². The van der Waals surface area contributed by atoms with Crippen LogP contribution in [0.1, 0.15) is 18.9 Å². The average molecular weight is 278 g/mol. The summed E-state index contributed by atoms with van der Waals surface area (Å²) in [6, 6.07) is 2.65. The third-order valence-corrected chi connectivity index (χ3v) is 2.96. The third kappa shape index (κ3) is 3.24. The molecule has 4 heteroatoms. The molecule has 1 atom stereocenters. The largest absolute Gasteiger partial charge is 0.330 e. The Kier molecular flexibility index (Phi) is 4.67.